The second-order valence-electron chi connectivity index (χ2n) is 3.11. The van der Waals surface area contributed by atoms with E-state index in [9.17, 15) is 0 Å². The van der Waals surface area contributed by atoms with Gasteiger partial charge in [0.2, 0.25) is 0 Å². The van der Waals surface area contributed by atoms with Crippen LogP contribution in [-0.4, -0.2) is 6.54 Å². The van der Waals surface area contributed by atoms with Crippen molar-refractivity contribution in [3.05, 3.63) is 0 Å². The molecule has 0 aromatic carbocycles. The van der Waals surface area contributed by atoms with Gasteiger partial charge in [-0.15, -0.1) is 0 Å². The molecular formula is C8H18N. The molecule has 0 aromatic rings. The molecule has 1 atom stereocenters. The maximum atomic E-state index is 7.15. The summed E-state index contributed by atoms with van der Waals surface area (Å²) < 4.78 is 0. The van der Waals surface area contributed by atoms with E-state index < -0.39 is 0 Å². The summed E-state index contributed by atoms with van der Waals surface area (Å²) >= 11 is 0. The monoisotopic (exact) mass is 128 g/mol. The second kappa shape index (κ2) is 4.80. The summed E-state index contributed by atoms with van der Waals surface area (Å²) in [5.41, 5.74) is 7.15. The Kier molecular flexibility index (Phi) is 4.78. The lowest BCUT2D eigenvalue weighted by Crippen LogP contribution is -2.08. The number of rotatable bonds is 4. The van der Waals surface area contributed by atoms with E-state index in [1.54, 1.807) is 0 Å². The zero-order chi connectivity index (χ0) is 7.28. The fraction of sp³-hybridized carbons (Fsp3) is 1.00. The zero-order valence-electron chi connectivity index (χ0n) is 6.78. The summed E-state index contributed by atoms with van der Waals surface area (Å²) in [6.07, 6.45) is 2.39. The average molecular weight is 128 g/mol. The summed E-state index contributed by atoms with van der Waals surface area (Å²) in [6, 6.07) is 0. The van der Waals surface area contributed by atoms with Crippen LogP contribution in [0.25, 0.3) is 0 Å². The van der Waals surface area contributed by atoms with Crippen LogP contribution in [0.1, 0.15) is 33.6 Å². The van der Waals surface area contributed by atoms with Gasteiger partial charge in [-0.1, -0.05) is 27.2 Å². The molecule has 0 aliphatic rings. The molecule has 0 heterocycles. The first-order valence-corrected chi connectivity index (χ1v) is 3.85. The fourth-order valence-electron chi connectivity index (χ4n) is 1.06. The third-order valence-corrected chi connectivity index (χ3v) is 1.67. The van der Waals surface area contributed by atoms with Crippen LogP contribution in [0.3, 0.4) is 0 Å². The van der Waals surface area contributed by atoms with E-state index in [2.05, 4.69) is 20.8 Å². The highest BCUT2D eigenvalue weighted by molar-refractivity contribution is 4.58. The lowest BCUT2D eigenvalue weighted by molar-refractivity contribution is 0.403. The SMILES string of the molecule is CCC(C[NH])CC(C)C. The summed E-state index contributed by atoms with van der Waals surface area (Å²) in [4.78, 5) is 0. The molecule has 0 aliphatic carbocycles. The Morgan fingerprint density at radius 3 is 2.00 bits per heavy atom. The quantitative estimate of drug-likeness (QED) is 0.555. The van der Waals surface area contributed by atoms with Gasteiger partial charge in [0.25, 0.3) is 0 Å². The Morgan fingerprint density at radius 1 is 1.33 bits per heavy atom. The molecule has 1 N–H and O–H groups in total. The molecule has 0 aromatic heterocycles. The minimum absolute atomic E-state index is 0.606. The van der Waals surface area contributed by atoms with E-state index in [4.69, 9.17) is 5.73 Å². The van der Waals surface area contributed by atoms with Gasteiger partial charge in [-0.25, -0.2) is 0 Å². The third-order valence-electron chi connectivity index (χ3n) is 1.67. The van der Waals surface area contributed by atoms with E-state index in [1.807, 2.05) is 0 Å². The van der Waals surface area contributed by atoms with Crippen LogP contribution >= 0.6 is 0 Å². The predicted octanol–water partition coefficient (Wildman–Crippen LogP) is 2.34. The first-order valence-electron chi connectivity index (χ1n) is 3.85. The number of hydrogen-bond donors (Lipinski definition) is 0. The molecule has 55 valence electrons. The molecule has 1 unspecified atom stereocenters. The van der Waals surface area contributed by atoms with Gasteiger partial charge in [-0.2, -0.15) is 0 Å². The van der Waals surface area contributed by atoms with Crippen LogP contribution < -0.4 is 5.73 Å². The van der Waals surface area contributed by atoms with Gasteiger partial charge >= 0.3 is 0 Å². The lowest BCUT2D eigenvalue weighted by atomic mass is 9.95. The van der Waals surface area contributed by atoms with Crippen LogP contribution in [0.5, 0.6) is 0 Å². The molecule has 0 bridgehead atoms. The first kappa shape index (κ1) is 8.96. The van der Waals surface area contributed by atoms with Gasteiger partial charge in [-0.05, 0) is 18.3 Å². The average Bonchev–Trinajstić information content (AvgIpc) is 1.82. The topological polar surface area (TPSA) is 23.8 Å². The zero-order valence-corrected chi connectivity index (χ0v) is 6.78. The van der Waals surface area contributed by atoms with Gasteiger partial charge in [0, 0.05) is 6.54 Å². The van der Waals surface area contributed by atoms with Crippen molar-refractivity contribution >= 4 is 0 Å². The standard InChI is InChI=1S/C8H18N/c1-4-8(6-9)5-7(2)3/h7-9H,4-6H2,1-3H3. The molecule has 0 aliphatic heterocycles. The largest absolute Gasteiger partial charge is 0.258 e. The van der Waals surface area contributed by atoms with Crippen LogP contribution in [0.2, 0.25) is 0 Å². The Balaban J connectivity index is 3.31. The minimum Gasteiger partial charge on any atom is -0.258 e. The first-order chi connectivity index (χ1) is 4.20. The van der Waals surface area contributed by atoms with Crippen LogP contribution in [-0.2, 0) is 0 Å². The summed E-state index contributed by atoms with van der Waals surface area (Å²) in [5.74, 6) is 1.41. The lowest BCUT2D eigenvalue weighted by Gasteiger charge is -2.13. The molecule has 0 saturated heterocycles. The molecule has 0 fully saturated rings. The molecule has 0 spiro atoms. The maximum Gasteiger partial charge on any atom is 0.0128 e. The number of nitrogens with one attached hydrogen (secondary N) is 1. The summed E-state index contributed by atoms with van der Waals surface area (Å²) in [5, 5.41) is 0. The van der Waals surface area contributed by atoms with Crippen molar-refractivity contribution in [2.24, 2.45) is 11.8 Å². The third kappa shape index (κ3) is 4.46. The normalized spacial score (nSPS) is 14.3. The summed E-state index contributed by atoms with van der Waals surface area (Å²) in [7, 11) is 0. The highest BCUT2D eigenvalue weighted by Crippen LogP contribution is 2.13. The van der Waals surface area contributed by atoms with Crippen molar-refractivity contribution in [2.45, 2.75) is 33.6 Å². The van der Waals surface area contributed by atoms with E-state index in [0.717, 1.165) is 5.92 Å². The Morgan fingerprint density at radius 2 is 1.89 bits per heavy atom. The molecule has 1 radical (unpaired) electrons. The van der Waals surface area contributed by atoms with E-state index in [1.165, 1.54) is 12.8 Å². The number of hydrogen-bond acceptors (Lipinski definition) is 0. The fourth-order valence-corrected chi connectivity index (χ4v) is 1.06. The molecule has 9 heavy (non-hydrogen) atoms. The van der Waals surface area contributed by atoms with Crippen molar-refractivity contribution in [3.63, 3.8) is 0 Å². The van der Waals surface area contributed by atoms with Crippen LogP contribution in [0.15, 0.2) is 0 Å². The van der Waals surface area contributed by atoms with Gasteiger partial charge < -0.3 is 0 Å². The second-order valence-corrected chi connectivity index (χ2v) is 3.11. The van der Waals surface area contributed by atoms with Crippen molar-refractivity contribution in [3.8, 4) is 0 Å². The van der Waals surface area contributed by atoms with Gasteiger partial charge in [0.1, 0.15) is 0 Å². The van der Waals surface area contributed by atoms with Crippen LogP contribution in [0, 0.1) is 11.8 Å². The minimum atomic E-state index is 0.606. The van der Waals surface area contributed by atoms with Crippen molar-refractivity contribution in [1.29, 1.82) is 0 Å². The molecular weight excluding hydrogens is 110 g/mol. The van der Waals surface area contributed by atoms with E-state index in [-0.39, 0.29) is 0 Å². The smallest absolute Gasteiger partial charge is 0.0128 e. The van der Waals surface area contributed by atoms with E-state index in [0.29, 0.717) is 12.5 Å². The molecule has 0 saturated carbocycles. The predicted molar refractivity (Wildman–Crippen MR) is 41.2 cm³/mol. The summed E-state index contributed by atoms with van der Waals surface area (Å²) in [6.45, 7) is 7.22. The maximum absolute atomic E-state index is 7.15. The highest BCUT2D eigenvalue weighted by Gasteiger charge is 2.05. The van der Waals surface area contributed by atoms with Crippen molar-refractivity contribution in [2.75, 3.05) is 6.54 Å². The Bertz CT molecular complexity index is 55.6. The van der Waals surface area contributed by atoms with Gasteiger partial charge in [0.15, 0.2) is 0 Å². The Labute approximate surface area is 58.6 Å². The molecule has 0 rings (SSSR count). The van der Waals surface area contributed by atoms with E-state index >= 15 is 0 Å². The van der Waals surface area contributed by atoms with Gasteiger partial charge in [0.05, 0.1) is 0 Å². The Hall–Kier alpha value is -0.0400. The van der Waals surface area contributed by atoms with Crippen LogP contribution in [0.4, 0.5) is 0 Å². The molecule has 1 nitrogen and oxygen atoms in total. The highest BCUT2D eigenvalue weighted by atomic mass is 14.5. The molecule has 1 heteroatoms. The van der Waals surface area contributed by atoms with Crippen molar-refractivity contribution < 1.29 is 0 Å². The van der Waals surface area contributed by atoms with Crippen molar-refractivity contribution in [1.82, 2.24) is 5.73 Å². The molecule has 0 amide bonds. The van der Waals surface area contributed by atoms with Gasteiger partial charge in [-0.3, -0.25) is 5.73 Å².